The van der Waals surface area contributed by atoms with Crippen LogP contribution in [-0.4, -0.2) is 19.3 Å². The average molecular weight is 336 g/mol. The van der Waals surface area contributed by atoms with E-state index in [1.165, 1.54) is 12.1 Å². The Hall–Kier alpha value is -0.520. The zero-order chi connectivity index (χ0) is 14.4. The number of nitrogens with one attached hydrogen (secondary N) is 1. The summed E-state index contributed by atoms with van der Waals surface area (Å²) in [4.78, 5) is 0. The maximum atomic E-state index is 14.2. The maximum Gasteiger partial charge on any atom is 0.145 e. The predicted molar refractivity (Wildman–Crippen MR) is 76.2 cm³/mol. The van der Waals surface area contributed by atoms with Gasteiger partial charge in [0.15, 0.2) is 0 Å². The summed E-state index contributed by atoms with van der Waals surface area (Å²) >= 11 is 3.09. The first-order chi connectivity index (χ1) is 9.02. The van der Waals surface area contributed by atoms with E-state index in [1.54, 1.807) is 0 Å². The molecule has 0 saturated heterocycles. The summed E-state index contributed by atoms with van der Waals surface area (Å²) in [7, 11) is 0. The molecule has 2 nitrogen and oxygen atoms in total. The van der Waals surface area contributed by atoms with Crippen LogP contribution in [0.25, 0.3) is 0 Å². The van der Waals surface area contributed by atoms with Crippen molar-refractivity contribution in [3.05, 3.63) is 33.8 Å². The van der Waals surface area contributed by atoms with Crippen molar-refractivity contribution in [1.82, 2.24) is 5.32 Å². The van der Waals surface area contributed by atoms with Crippen LogP contribution in [0.1, 0.15) is 38.8 Å². The van der Waals surface area contributed by atoms with Gasteiger partial charge in [0.25, 0.3) is 0 Å². The minimum Gasteiger partial charge on any atom is -0.377 e. The van der Waals surface area contributed by atoms with Gasteiger partial charge < -0.3 is 10.1 Å². The summed E-state index contributed by atoms with van der Waals surface area (Å²) in [6.45, 7) is 6.86. The topological polar surface area (TPSA) is 21.3 Å². The average Bonchev–Trinajstić information content (AvgIpc) is 2.38. The van der Waals surface area contributed by atoms with Gasteiger partial charge in [-0.15, -0.1) is 0 Å². The molecule has 0 aliphatic rings. The Labute approximate surface area is 121 Å². The molecule has 108 valence electrons. The minimum absolute atomic E-state index is 0.0313. The minimum atomic E-state index is -0.569. The first-order valence-corrected chi connectivity index (χ1v) is 7.30. The summed E-state index contributed by atoms with van der Waals surface area (Å²) in [5.41, 5.74) is 0.0313. The van der Waals surface area contributed by atoms with Crippen LogP contribution in [0.3, 0.4) is 0 Å². The lowest BCUT2D eigenvalue weighted by molar-refractivity contribution is 0.0452. The SMILES string of the molecule is CCCNC(c1c(F)ccc(Br)c1F)C(C)OCC. The summed E-state index contributed by atoms with van der Waals surface area (Å²) in [5.74, 6) is -1.12. The Kier molecular flexibility index (Phi) is 6.89. The monoisotopic (exact) mass is 335 g/mol. The molecule has 0 aliphatic heterocycles. The number of hydrogen-bond donors (Lipinski definition) is 1. The van der Waals surface area contributed by atoms with Crippen molar-refractivity contribution in [2.24, 2.45) is 0 Å². The molecule has 0 heterocycles. The van der Waals surface area contributed by atoms with Crippen LogP contribution < -0.4 is 5.32 Å². The van der Waals surface area contributed by atoms with Gasteiger partial charge in [-0.2, -0.15) is 0 Å². The highest BCUT2D eigenvalue weighted by atomic mass is 79.9. The molecule has 19 heavy (non-hydrogen) atoms. The van der Waals surface area contributed by atoms with E-state index in [0.717, 1.165) is 6.42 Å². The van der Waals surface area contributed by atoms with Gasteiger partial charge in [-0.25, -0.2) is 8.78 Å². The summed E-state index contributed by atoms with van der Waals surface area (Å²) in [6, 6.07) is 2.13. The lowest BCUT2D eigenvalue weighted by Gasteiger charge is -2.26. The molecule has 2 atom stereocenters. The van der Waals surface area contributed by atoms with Crippen molar-refractivity contribution in [2.75, 3.05) is 13.2 Å². The van der Waals surface area contributed by atoms with Crippen molar-refractivity contribution in [3.8, 4) is 0 Å². The third-order valence-corrected chi connectivity index (χ3v) is 3.52. The van der Waals surface area contributed by atoms with Crippen LogP contribution in [0.2, 0.25) is 0 Å². The van der Waals surface area contributed by atoms with Crippen LogP contribution in [0, 0.1) is 11.6 Å². The van der Waals surface area contributed by atoms with Crippen LogP contribution in [0.4, 0.5) is 8.78 Å². The first kappa shape index (κ1) is 16.5. The Balaban J connectivity index is 3.12. The molecular weight excluding hydrogens is 316 g/mol. The fraction of sp³-hybridized carbons (Fsp3) is 0.571. The highest BCUT2D eigenvalue weighted by Gasteiger charge is 2.26. The molecule has 0 bridgehead atoms. The highest BCUT2D eigenvalue weighted by molar-refractivity contribution is 9.10. The van der Waals surface area contributed by atoms with Crippen molar-refractivity contribution >= 4 is 15.9 Å². The fourth-order valence-corrected chi connectivity index (χ4v) is 2.34. The third-order valence-electron chi connectivity index (χ3n) is 2.90. The molecule has 0 saturated carbocycles. The second-order valence-electron chi connectivity index (χ2n) is 4.35. The van der Waals surface area contributed by atoms with Crippen LogP contribution in [0.15, 0.2) is 16.6 Å². The summed E-state index contributed by atoms with van der Waals surface area (Å²) in [5, 5.41) is 3.15. The highest BCUT2D eigenvalue weighted by Crippen LogP contribution is 2.29. The molecule has 0 amide bonds. The molecule has 1 aromatic rings. The molecule has 0 aliphatic carbocycles. The van der Waals surface area contributed by atoms with Crippen molar-refractivity contribution in [3.63, 3.8) is 0 Å². The molecule has 1 aromatic carbocycles. The van der Waals surface area contributed by atoms with Gasteiger partial charge in [0.2, 0.25) is 0 Å². The van der Waals surface area contributed by atoms with Gasteiger partial charge in [-0.3, -0.25) is 0 Å². The first-order valence-electron chi connectivity index (χ1n) is 6.51. The van der Waals surface area contributed by atoms with E-state index in [-0.39, 0.29) is 16.1 Å². The normalized spacial score (nSPS) is 14.4. The molecule has 2 unspecified atom stereocenters. The van der Waals surface area contributed by atoms with Crippen LogP contribution >= 0.6 is 15.9 Å². The second-order valence-corrected chi connectivity index (χ2v) is 5.20. The molecule has 0 fully saturated rings. The Morgan fingerprint density at radius 1 is 1.32 bits per heavy atom. The number of hydrogen-bond acceptors (Lipinski definition) is 2. The fourth-order valence-electron chi connectivity index (χ4n) is 1.99. The summed E-state index contributed by atoms with van der Waals surface area (Å²) < 4.78 is 33.9. The van der Waals surface area contributed by atoms with Crippen LogP contribution in [-0.2, 0) is 4.74 Å². The third kappa shape index (κ3) is 4.23. The Morgan fingerprint density at radius 3 is 2.58 bits per heavy atom. The summed E-state index contributed by atoms with van der Waals surface area (Å²) in [6.07, 6.45) is 0.571. The van der Waals surface area contributed by atoms with E-state index in [2.05, 4.69) is 21.2 Å². The lowest BCUT2D eigenvalue weighted by atomic mass is 10.0. The van der Waals surface area contributed by atoms with Gasteiger partial charge >= 0.3 is 0 Å². The standard InChI is InChI=1S/C14H20BrF2NO/c1-4-8-18-14(9(3)19-5-2)12-11(16)7-6-10(15)13(12)17/h6-7,9,14,18H,4-5,8H2,1-3H3. The predicted octanol–water partition coefficient (Wildman–Crippen LogP) is 4.19. The largest absolute Gasteiger partial charge is 0.377 e. The Morgan fingerprint density at radius 2 is 2.00 bits per heavy atom. The van der Waals surface area contributed by atoms with Gasteiger partial charge in [0.05, 0.1) is 16.6 Å². The van der Waals surface area contributed by atoms with Gasteiger partial charge in [0.1, 0.15) is 11.6 Å². The van der Waals surface area contributed by atoms with Crippen LogP contribution in [0.5, 0.6) is 0 Å². The zero-order valence-electron chi connectivity index (χ0n) is 11.5. The quantitative estimate of drug-likeness (QED) is 0.754. The van der Waals surface area contributed by atoms with Crippen molar-refractivity contribution < 1.29 is 13.5 Å². The number of rotatable bonds is 7. The Bertz CT molecular complexity index is 415. The molecule has 1 N–H and O–H groups in total. The van der Waals surface area contributed by atoms with E-state index in [9.17, 15) is 8.78 Å². The van der Waals surface area contributed by atoms with Crippen molar-refractivity contribution in [1.29, 1.82) is 0 Å². The number of benzene rings is 1. The molecule has 0 aromatic heterocycles. The van der Waals surface area contributed by atoms with Gasteiger partial charge in [-0.05, 0) is 54.9 Å². The van der Waals surface area contributed by atoms with E-state index in [0.29, 0.717) is 13.2 Å². The number of halogens is 3. The molecular formula is C14H20BrF2NO. The van der Waals surface area contributed by atoms with E-state index < -0.39 is 17.7 Å². The zero-order valence-corrected chi connectivity index (χ0v) is 13.1. The molecule has 1 rings (SSSR count). The molecule has 5 heteroatoms. The lowest BCUT2D eigenvalue weighted by Crippen LogP contribution is -2.34. The molecule has 0 spiro atoms. The van der Waals surface area contributed by atoms with E-state index in [4.69, 9.17) is 4.74 Å². The van der Waals surface area contributed by atoms with Gasteiger partial charge in [-0.1, -0.05) is 6.92 Å². The van der Waals surface area contributed by atoms with E-state index >= 15 is 0 Å². The van der Waals surface area contributed by atoms with E-state index in [1.807, 2.05) is 20.8 Å². The smallest absolute Gasteiger partial charge is 0.145 e. The maximum absolute atomic E-state index is 14.2. The van der Waals surface area contributed by atoms with Crippen molar-refractivity contribution in [2.45, 2.75) is 39.3 Å². The van der Waals surface area contributed by atoms with Gasteiger partial charge in [0, 0.05) is 12.2 Å². The second kappa shape index (κ2) is 7.92. The number of ether oxygens (including phenoxy) is 1. The molecule has 0 radical (unpaired) electrons.